The number of hydrogen-bond acceptors (Lipinski definition) is 5. The highest BCUT2D eigenvalue weighted by Crippen LogP contribution is 2.47. The van der Waals surface area contributed by atoms with Crippen LogP contribution in [0.5, 0.6) is 0 Å². The standard InChI is InChI=1S/C37H48ClN3O3/c1-3-29-17-18-33(38)34(30-10-5-4-6-11-30)35(29)37(43,19-7-8-25-44-2)32-12-9-22-41(27-32)36(42)31-15-13-28(14-16-31)26-40-23-20-39-21-24-40/h4-6,10-11,13-18,32,39,43H,3,7-9,12,19-27H2,1-2H3. The number of piperidine rings is 1. The van der Waals surface area contributed by atoms with Crippen molar-refractivity contribution >= 4 is 17.5 Å². The lowest BCUT2D eigenvalue weighted by Gasteiger charge is -2.44. The Bertz CT molecular complexity index is 1360. The number of amides is 1. The molecule has 2 fully saturated rings. The Balaban J connectivity index is 1.43. The van der Waals surface area contributed by atoms with Crippen LogP contribution in [0.1, 0.15) is 66.1 Å². The molecular weight excluding hydrogens is 570 g/mol. The molecule has 5 rings (SSSR count). The van der Waals surface area contributed by atoms with Gasteiger partial charge in [0.2, 0.25) is 0 Å². The average molecular weight is 618 g/mol. The van der Waals surface area contributed by atoms with Crippen molar-refractivity contribution in [2.45, 2.75) is 57.6 Å². The maximum absolute atomic E-state index is 13.9. The molecular formula is C37H48ClN3O3. The molecule has 2 saturated heterocycles. The number of aliphatic hydroxyl groups is 1. The molecule has 2 aliphatic rings. The zero-order valence-corrected chi connectivity index (χ0v) is 27.1. The molecule has 6 nitrogen and oxygen atoms in total. The van der Waals surface area contributed by atoms with Crippen molar-refractivity contribution in [2.24, 2.45) is 5.92 Å². The molecule has 7 heteroatoms. The Morgan fingerprint density at radius 3 is 2.48 bits per heavy atom. The lowest BCUT2D eigenvalue weighted by molar-refractivity contribution is -0.0579. The predicted molar refractivity (Wildman–Crippen MR) is 179 cm³/mol. The third-order valence-corrected chi connectivity index (χ3v) is 9.79. The third kappa shape index (κ3) is 7.55. The van der Waals surface area contributed by atoms with Crippen molar-refractivity contribution in [1.82, 2.24) is 15.1 Å². The number of nitrogens with zero attached hydrogens (tertiary/aromatic N) is 2. The Hall–Kier alpha value is -2.74. The molecule has 2 unspecified atom stereocenters. The number of carbonyl (C=O) groups is 1. The number of carbonyl (C=O) groups excluding carboxylic acids is 1. The van der Waals surface area contributed by atoms with Gasteiger partial charge in [-0.05, 0) is 79.0 Å². The summed E-state index contributed by atoms with van der Waals surface area (Å²) in [6, 6.07) is 22.3. The van der Waals surface area contributed by atoms with E-state index in [1.54, 1.807) is 7.11 Å². The van der Waals surface area contributed by atoms with Gasteiger partial charge < -0.3 is 20.1 Å². The first-order valence-electron chi connectivity index (χ1n) is 16.3. The highest BCUT2D eigenvalue weighted by molar-refractivity contribution is 6.33. The van der Waals surface area contributed by atoms with Gasteiger partial charge in [-0.2, -0.15) is 0 Å². The molecule has 44 heavy (non-hydrogen) atoms. The number of aryl methyl sites for hydroxylation is 1. The quantitative estimate of drug-likeness (QED) is 0.226. The number of halogens is 1. The maximum Gasteiger partial charge on any atom is 0.253 e. The van der Waals surface area contributed by atoms with Gasteiger partial charge in [-0.3, -0.25) is 9.69 Å². The van der Waals surface area contributed by atoms with E-state index in [0.29, 0.717) is 36.7 Å². The molecule has 2 aliphatic heterocycles. The third-order valence-electron chi connectivity index (χ3n) is 9.47. The highest BCUT2D eigenvalue weighted by Gasteiger charge is 2.44. The van der Waals surface area contributed by atoms with Crippen molar-refractivity contribution in [3.05, 3.63) is 94.0 Å². The summed E-state index contributed by atoms with van der Waals surface area (Å²) in [5.41, 5.74) is 4.72. The van der Waals surface area contributed by atoms with Gasteiger partial charge in [0, 0.05) is 81.6 Å². The van der Waals surface area contributed by atoms with Crippen LogP contribution < -0.4 is 5.32 Å². The topological polar surface area (TPSA) is 65.0 Å². The first kappa shape index (κ1) is 32.6. The minimum atomic E-state index is -1.15. The summed E-state index contributed by atoms with van der Waals surface area (Å²) in [6.45, 7) is 9.02. The number of likely N-dealkylation sites (tertiary alicyclic amines) is 1. The molecule has 1 amide bonds. The summed E-state index contributed by atoms with van der Waals surface area (Å²) in [6.07, 6.45) is 4.72. The average Bonchev–Trinajstić information content (AvgIpc) is 3.07. The Morgan fingerprint density at radius 2 is 1.77 bits per heavy atom. The summed E-state index contributed by atoms with van der Waals surface area (Å²) in [5.74, 6) is -0.0868. The van der Waals surface area contributed by atoms with Crippen LogP contribution in [0.2, 0.25) is 5.02 Å². The fraction of sp³-hybridized carbons (Fsp3) is 0.486. The summed E-state index contributed by atoms with van der Waals surface area (Å²) < 4.78 is 5.35. The Morgan fingerprint density at radius 1 is 1.02 bits per heavy atom. The molecule has 0 aliphatic carbocycles. The molecule has 2 heterocycles. The van der Waals surface area contributed by atoms with Crippen LogP contribution in [0, 0.1) is 5.92 Å². The Labute approximate surface area is 268 Å². The summed E-state index contributed by atoms with van der Waals surface area (Å²) >= 11 is 6.95. The smallest absolute Gasteiger partial charge is 0.253 e. The second-order valence-electron chi connectivity index (χ2n) is 12.4. The zero-order valence-electron chi connectivity index (χ0n) is 26.4. The van der Waals surface area contributed by atoms with Gasteiger partial charge in [0.05, 0.1) is 5.60 Å². The monoisotopic (exact) mass is 617 g/mol. The van der Waals surface area contributed by atoms with Crippen LogP contribution in [0.15, 0.2) is 66.7 Å². The first-order valence-corrected chi connectivity index (χ1v) is 16.7. The zero-order chi connectivity index (χ0) is 30.9. The first-order chi connectivity index (χ1) is 21.4. The molecule has 0 bridgehead atoms. The van der Waals surface area contributed by atoms with Crippen LogP contribution in [0.3, 0.4) is 0 Å². The van der Waals surface area contributed by atoms with Crippen molar-refractivity contribution in [2.75, 3.05) is 53.0 Å². The molecule has 0 spiro atoms. The fourth-order valence-corrected chi connectivity index (χ4v) is 7.35. The van der Waals surface area contributed by atoms with Crippen LogP contribution in [-0.4, -0.2) is 73.8 Å². The summed E-state index contributed by atoms with van der Waals surface area (Å²) in [7, 11) is 1.72. The van der Waals surface area contributed by atoms with E-state index >= 15 is 0 Å². The van der Waals surface area contributed by atoms with Gasteiger partial charge in [-0.15, -0.1) is 0 Å². The van der Waals surface area contributed by atoms with E-state index in [9.17, 15) is 9.90 Å². The van der Waals surface area contributed by atoms with Gasteiger partial charge in [-0.25, -0.2) is 0 Å². The van der Waals surface area contributed by atoms with E-state index in [0.717, 1.165) is 87.1 Å². The number of ether oxygens (including phenoxy) is 1. The van der Waals surface area contributed by atoms with Gasteiger partial charge in [0.15, 0.2) is 0 Å². The van der Waals surface area contributed by atoms with Crippen LogP contribution in [0.25, 0.3) is 11.1 Å². The number of rotatable bonds is 12. The number of piperazine rings is 1. The van der Waals surface area contributed by atoms with Gasteiger partial charge in [-0.1, -0.05) is 67.1 Å². The van der Waals surface area contributed by atoms with E-state index in [1.165, 1.54) is 5.56 Å². The normalized spacial score (nSPS) is 19.1. The number of unbranched alkanes of at least 4 members (excludes halogenated alkanes) is 1. The summed E-state index contributed by atoms with van der Waals surface area (Å²) in [4.78, 5) is 18.3. The minimum Gasteiger partial charge on any atom is -0.385 e. The largest absolute Gasteiger partial charge is 0.385 e. The molecule has 2 atom stereocenters. The summed E-state index contributed by atoms with van der Waals surface area (Å²) in [5, 5.41) is 17.0. The molecule has 3 aromatic rings. The number of benzene rings is 3. The van der Waals surface area contributed by atoms with E-state index < -0.39 is 5.60 Å². The number of nitrogens with one attached hydrogen (secondary N) is 1. The van der Waals surface area contributed by atoms with Crippen molar-refractivity contribution in [3.8, 4) is 11.1 Å². The molecule has 0 aromatic heterocycles. The minimum absolute atomic E-state index is 0.0373. The molecule has 236 valence electrons. The predicted octanol–water partition coefficient (Wildman–Crippen LogP) is 6.53. The van der Waals surface area contributed by atoms with Gasteiger partial charge in [0.1, 0.15) is 0 Å². The van der Waals surface area contributed by atoms with E-state index in [4.69, 9.17) is 16.3 Å². The molecule has 0 saturated carbocycles. The Kier molecular flexibility index (Phi) is 11.5. The van der Waals surface area contributed by atoms with Crippen molar-refractivity contribution in [1.29, 1.82) is 0 Å². The van der Waals surface area contributed by atoms with Crippen LogP contribution in [0.4, 0.5) is 0 Å². The van der Waals surface area contributed by atoms with E-state index in [1.807, 2.05) is 41.3 Å². The van der Waals surface area contributed by atoms with Crippen molar-refractivity contribution in [3.63, 3.8) is 0 Å². The van der Waals surface area contributed by atoms with Crippen molar-refractivity contribution < 1.29 is 14.6 Å². The second-order valence-corrected chi connectivity index (χ2v) is 12.8. The SMILES string of the molecule is CCc1ccc(Cl)c(-c2ccccc2)c1C(O)(CCCCOC)C1CCCN(C(=O)c2ccc(CN3CCNCC3)cc2)C1. The molecule has 0 radical (unpaired) electrons. The lowest BCUT2D eigenvalue weighted by Crippen LogP contribution is -2.48. The highest BCUT2D eigenvalue weighted by atomic mass is 35.5. The van der Waals surface area contributed by atoms with E-state index in [2.05, 4.69) is 47.5 Å². The van der Waals surface area contributed by atoms with Crippen LogP contribution in [-0.2, 0) is 23.3 Å². The molecule has 3 aromatic carbocycles. The maximum atomic E-state index is 13.9. The van der Waals surface area contributed by atoms with Gasteiger partial charge in [0.25, 0.3) is 5.91 Å². The van der Waals surface area contributed by atoms with Gasteiger partial charge >= 0.3 is 0 Å². The number of methoxy groups -OCH3 is 1. The van der Waals surface area contributed by atoms with E-state index in [-0.39, 0.29) is 11.8 Å². The van der Waals surface area contributed by atoms with Crippen LogP contribution >= 0.6 is 11.6 Å². The lowest BCUT2D eigenvalue weighted by atomic mass is 9.70. The number of hydrogen-bond donors (Lipinski definition) is 2. The fourth-order valence-electron chi connectivity index (χ4n) is 7.08. The molecule has 2 N–H and O–H groups in total. The second kappa shape index (κ2) is 15.5.